The lowest BCUT2D eigenvalue weighted by molar-refractivity contribution is 0.102. The molecule has 0 atom stereocenters. The first-order valence-corrected chi connectivity index (χ1v) is 11.6. The molecule has 0 spiro atoms. The first-order chi connectivity index (χ1) is 13.6. The standard InChI is InChI=1S/C22H17IN2OS2/c1-14-4-2-3-5-18(14)21(26)24-17-10-11-19-20(12-17)28-22(25-19)27-13-15-6-8-16(23)9-7-15/h2-12H,13H2,1H3,(H,24,26). The fourth-order valence-corrected chi connectivity index (χ4v) is 5.22. The van der Waals surface area contributed by atoms with Crippen LogP contribution in [-0.2, 0) is 5.75 Å². The first kappa shape index (κ1) is 19.4. The number of anilines is 1. The van der Waals surface area contributed by atoms with Gasteiger partial charge in [-0.25, -0.2) is 4.98 Å². The van der Waals surface area contributed by atoms with Crippen molar-refractivity contribution in [3.8, 4) is 0 Å². The SMILES string of the molecule is Cc1ccccc1C(=O)Nc1ccc2nc(SCc3ccc(I)cc3)sc2c1. The van der Waals surface area contributed by atoms with Crippen molar-refractivity contribution in [1.82, 2.24) is 4.98 Å². The van der Waals surface area contributed by atoms with Crippen LogP contribution in [0.5, 0.6) is 0 Å². The van der Waals surface area contributed by atoms with E-state index < -0.39 is 0 Å². The summed E-state index contributed by atoms with van der Waals surface area (Å²) in [7, 11) is 0. The molecule has 1 N–H and O–H groups in total. The number of nitrogens with one attached hydrogen (secondary N) is 1. The van der Waals surface area contributed by atoms with Crippen LogP contribution in [-0.4, -0.2) is 10.9 Å². The Labute approximate surface area is 185 Å². The van der Waals surface area contributed by atoms with E-state index in [1.165, 1.54) is 9.13 Å². The molecule has 0 unspecified atom stereocenters. The van der Waals surface area contributed by atoms with Gasteiger partial charge in [0.05, 0.1) is 10.2 Å². The Balaban J connectivity index is 1.47. The highest BCUT2D eigenvalue weighted by Gasteiger charge is 2.10. The maximum atomic E-state index is 12.5. The highest BCUT2D eigenvalue weighted by molar-refractivity contribution is 14.1. The van der Waals surface area contributed by atoms with Gasteiger partial charge in [0.2, 0.25) is 0 Å². The molecule has 3 aromatic carbocycles. The zero-order chi connectivity index (χ0) is 19.5. The number of rotatable bonds is 5. The molecule has 1 amide bonds. The number of carbonyl (C=O) groups is 1. The van der Waals surface area contributed by atoms with Crippen molar-refractivity contribution in [3.63, 3.8) is 0 Å². The Bertz CT molecular complexity index is 1140. The fourth-order valence-electron chi connectivity index (χ4n) is 2.79. The molecule has 0 aliphatic carbocycles. The third-order valence-corrected chi connectivity index (χ3v) is 7.24. The van der Waals surface area contributed by atoms with Crippen LogP contribution in [0.2, 0.25) is 0 Å². The number of hydrogen-bond acceptors (Lipinski definition) is 4. The predicted molar refractivity (Wildman–Crippen MR) is 127 cm³/mol. The number of aryl methyl sites for hydroxylation is 1. The maximum Gasteiger partial charge on any atom is 0.255 e. The van der Waals surface area contributed by atoms with Crippen LogP contribution in [0.4, 0.5) is 5.69 Å². The molecule has 4 aromatic rings. The summed E-state index contributed by atoms with van der Waals surface area (Å²) in [5.41, 5.74) is 4.70. The molecule has 0 bridgehead atoms. The van der Waals surface area contributed by atoms with Crippen LogP contribution >= 0.6 is 45.7 Å². The second kappa shape index (κ2) is 8.63. The first-order valence-electron chi connectivity index (χ1n) is 8.73. The Morgan fingerprint density at radius 3 is 2.68 bits per heavy atom. The van der Waals surface area contributed by atoms with Gasteiger partial charge in [-0.1, -0.05) is 42.1 Å². The minimum absolute atomic E-state index is 0.0877. The number of thiazole rings is 1. The van der Waals surface area contributed by atoms with Crippen molar-refractivity contribution in [1.29, 1.82) is 0 Å². The van der Waals surface area contributed by atoms with Crippen molar-refractivity contribution < 1.29 is 4.79 Å². The average molecular weight is 516 g/mol. The van der Waals surface area contributed by atoms with Crippen molar-refractivity contribution in [2.24, 2.45) is 0 Å². The number of nitrogens with zero attached hydrogens (tertiary/aromatic N) is 1. The lowest BCUT2D eigenvalue weighted by Gasteiger charge is -2.07. The van der Waals surface area contributed by atoms with Gasteiger partial charge in [-0.05, 0) is 77.0 Å². The van der Waals surface area contributed by atoms with Gasteiger partial charge < -0.3 is 5.32 Å². The molecule has 140 valence electrons. The summed E-state index contributed by atoms with van der Waals surface area (Å²) < 4.78 is 3.36. The van der Waals surface area contributed by atoms with Crippen LogP contribution in [0.15, 0.2) is 71.1 Å². The number of fused-ring (bicyclic) bond motifs is 1. The van der Waals surface area contributed by atoms with Crippen molar-refractivity contribution in [2.45, 2.75) is 17.0 Å². The highest BCUT2D eigenvalue weighted by Crippen LogP contribution is 2.33. The summed E-state index contributed by atoms with van der Waals surface area (Å²) in [4.78, 5) is 17.2. The van der Waals surface area contributed by atoms with Crippen LogP contribution in [0.3, 0.4) is 0 Å². The van der Waals surface area contributed by atoms with Crippen LogP contribution in [0, 0.1) is 10.5 Å². The van der Waals surface area contributed by atoms with E-state index in [0.717, 1.165) is 31.6 Å². The second-order valence-corrected chi connectivity index (χ2v) is 9.85. The van der Waals surface area contributed by atoms with E-state index in [1.807, 2.05) is 49.4 Å². The average Bonchev–Trinajstić information content (AvgIpc) is 3.10. The third-order valence-electron chi connectivity index (χ3n) is 4.29. The van der Waals surface area contributed by atoms with Gasteiger partial charge in [0.1, 0.15) is 0 Å². The van der Waals surface area contributed by atoms with Gasteiger partial charge in [-0.15, -0.1) is 11.3 Å². The summed E-state index contributed by atoms with van der Waals surface area (Å²) in [6, 6.07) is 22.0. The summed E-state index contributed by atoms with van der Waals surface area (Å²) in [6.45, 7) is 1.94. The zero-order valence-corrected chi connectivity index (χ0v) is 18.9. The van der Waals surface area contributed by atoms with Crippen molar-refractivity contribution in [3.05, 3.63) is 87.0 Å². The normalized spacial score (nSPS) is 10.9. The van der Waals surface area contributed by atoms with Crippen LogP contribution < -0.4 is 5.32 Å². The van der Waals surface area contributed by atoms with Gasteiger partial charge in [0.15, 0.2) is 4.34 Å². The molecule has 0 aliphatic heterocycles. The number of halogens is 1. The summed E-state index contributed by atoms with van der Waals surface area (Å²) >= 11 is 5.72. The fraction of sp³-hybridized carbons (Fsp3) is 0.0909. The molecular formula is C22H17IN2OS2. The van der Waals surface area contributed by atoms with Gasteiger partial charge in [0, 0.05) is 20.6 Å². The molecule has 1 heterocycles. The van der Waals surface area contributed by atoms with E-state index >= 15 is 0 Å². The van der Waals surface area contributed by atoms with Crippen molar-refractivity contribution in [2.75, 3.05) is 5.32 Å². The topological polar surface area (TPSA) is 42.0 Å². The molecule has 0 radical (unpaired) electrons. The smallest absolute Gasteiger partial charge is 0.255 e. The summed E-state index contributed by atoms with van der Waals surface area (Å²) in [5.74, 6) is 0.809. The number of hydrogen-bond donors (Lipinski definition) is 1. The maximum absolute atomic E-state index is 12.5. The molecular weight excluding hydrogens is 499 g/mol. The summed E-state index contributed by atoms with van der Waals surface area (Å²) in [5, 5.41) is 3.00. The van der Waals surface area contributed by atoms with Gasteiger partial charge in [-0.2, -0.15) is 0 Å². The van der Waals surface area contributed by atoms with E-state index in [4.69, 9.17) is 4.98 Å². The molecule has 3 nitrogen and oxygen atoms in total. The molecule has 28 heavy (non-hydrogen) atoms. The molecule has 6 heteroatoms. The Morgan fingerprint density at radius 2 is 1.89 bits per heavy atom. The number of benzene rings is 3. The predicted octanol–water partition coefficient (Wildman–Crippen LogP) is 6.75. The molecule has 0 saturated carbocycles. The van der Waals surface area contributed by atoms with Crippen LogP contribution in [0.25, 0.3) is 10.2 Å². The monoisotopic (exact) mass is 516 g/mol. The third kappa shape index (κ3) is 4.56. The quantitative estimate of drug-likeness (QED) is 0.236. The summed E-state index contributed by atoms with van der Waals surface area (Å²) in [6.07, 6.45) is 0. The lowest BCUT2D eigenvalue weighted by atomic mass is 10.1. The Morgan fingerprint density at radius 1 is 1.11 bits per heavy atom. The Kier molecular flexibility index (Phi) is 5.99. The van der Waals surface area contributed by atoms with Gasteiger partial charge in [0.25, 0.3) is 5.91 Å². The van der Waals surface area contributed by atoms with E-state index in [2.05, 4.69) is 52.2 Å². The van der Waals surface area contributed by atoms with Gasteiger partial charge >= 0.3 is 0 Å². The minimum atomic E-state index is -0.0877. The zero-order valence-electron chi connectivity index (χ0n) is 15.1. The van der Waals surface area contributed by atoms with E-state index in [1.54, 1.807) is 23.1 Å². The van der Waals surface area contributed by atoms with E-state index in [-0.39, 0.29) is 5.91 Å². The Hall–Kier alpha value is -1.90. The molecule has 1 aromatic heterocycles. The number of thioether (sulfide) groups is 1. The number of amides is 1. The van der Waals surface area contributed by atoms with Gasteiger partial charge in [-0.3, -0.25) is 4.79 Å². The molecule has 0 fully saturated rings. The lowest BCUT2D eigenvalue weighted by Crippen LogP contribution is -2.13. The van der Waals surface area contributed by atoms with Crippen LogP contribution in [0.1, 0.15) is 21.5 Å². The van der Waals surface area contributed by atoms with Crippen molar-refractivity contribution >= 4 is 67.5 Å². The molecule has 4 rings (SSSR count). The van der Waals surface area contributed by atoms with E-state index in [9.17, 15) is 4.79 Å². The second-order valence-electron chi connectivity index (χ2n) is 6.35. The highest BCUT2D eigenvalue weighted by atomic mass is 127. The largest absolute Gasteiger partial charge is 0.322 e. The number of carbonyl (C=O) groups excluding carboxylic acids is 1. The molecule has 0 saturated heterocycles. The van der Waals surface area contributed by atoms with E-state index in [0.29, 0.717) is 5.56 Å². The number of aromatic nitrogens is 1. The minimum Gasteiger partial charge on any atom is -0.322 e. The molecule has 0 aliphatic rings.